The van der Waals surface area contributed by atoms with Crippen LogP contribution in [-0.2, 0) is 65.6 Å². The van der Waals surface area contributed by atoms with Gasteiger partial charge in [-0.25, -0.2) is 4.98 Å². The van der Waals surface area contributed by atoms with Gasteiger partial charge in [0.05, 0.1) is 12.4 Å². The van der Waals surface area contributed by atoms with Gasteiger partial charge in [-0.1, -0.05) is 137 Å². The van der Waals surface area contributed by atoms with E-state index in [0.29, 0.717) is 36.1 Å². The number of aromatic nitrogens is 2. The molecule has 2 heterocycles. The molecule has 0 unspecified atom stereocenters. The number of benzene rings is 3. The van der Waals surface area contributed by atoms with Gasteiger partial charge >= 0.3 is 5.97 Å². The highest BCUT2D eigenvalue weighted by molar-refractivity contribution is 5.98. The van der Waals surface area contributed by atoms with Crippen LogP contribution in [0.1, 0.15) is 140 Å². The second kappa shape index (κ2) is 37.0. The molecule has 1 saturated heterocycles. The van der Waals surface area contributed by atoms with Crippen molar-refractivity contribution in [1.82, 2.24) is 52.1 Å². The third kappa shape index (κ3) is 24.2. The number of aliphatic carboxylic acids is 1. The topological polar surface area (TPSA) is 396 Å². The number of rotatable bonds is 38. The van der Waals surface area contributed by atoms with Gasteiger partial charge in [-0.15, -0.1) is 0 Å². The van der Waals surface area contributed by atoms with Gasteiger partial charge in [0.25, 0.3) is 0 Å². The zero-order valence-electron chi connectivity index (χ0n) is 52.4. The van der Waals surface area contributed by atoms with Crippen molar-refractivity contribution in [3.05, 3.63) is 138 Å². The summed E-state index contributed by atoms with van der Waals surface area (Å²) in [7, 11) is 0. The number of carbonyl (C=O) groups excluding carboxylic acids is 10. The SMILES string of the molecule is CC[C@H](C)CC(=O)N[C@@H](CC/C=C/CC[C@H](NC(=O)[C@@H]1CCCN1C(=O)[C@@H](NC(=O)[C@H](Cc1cnc[nH]1)NC(=O)[C@@H](NC(=O)[C@H](CCC(=O)O)NC(=O)CC(C)C)[C@@H](C)O)C(c1ccccc1)c1ccccc1)C(N)=O)C(=O)N[C@H](CC(N)=O)Cc1ccccc1. The molecule has 3 aromatic carbocycles. The lowest BCUT2D eigenvalue weighted by atomic mass is 9.84. The normalized spacial score (nSPS) is 16.0. The summed E-state index contributed by atoms with van der Waals surface area (Å²) < 4.78 is 0. The summed E-state index contributed by atoms with van der Waals surface area (Å²) in [5.41, 5.74) is 13.9. The van der Waals surface area contributed by atoms with Gasteiger partial charge < -0.3 is 68.8 Å². The second-order valence-corrected chi connectivity index (χ2v) is 23.7. The minimum Gasteiger partial charge on any atom is -0.481 e. The number of nitrogens with one attached hydrogen (secondary N) is 8. The van der Waals surface area contributed by atoms with E-state index >= 15 is 9.59 Å². The Morgan fingerprint density at radius 1 is 0.637 bits per heavy atom. The number of nitrogens with zero attached hydrogens (tertiary/aromatic N) is 2. The van der Waals surface area contributed by atoms with E-state index in [4.69, 9.17) is 11.5 Å². The van der Waals surface area contributed by atoms with Crippen LogP contribution in [0.15, 0.2) is 116 Å². The van der Waals surface area contributed by atoms with E-state index in [1.165, 1.54) is 24.3 Å². The summed E-state index contributed by atoms with van der Waals surface area (Å²) in [6, 6.07) is 16.9. The van der Waals surface area contributed by atoms with Crippen LogP contribution in [0.3, 0.4) is 0 Å². The number of nitrogens with two attached hydrogens (primary N) is 2. The number of aliphatic hydroxyl groups is 1. The Morgan fingerprint density at radius 2 is 1.19 bits per heavy atom. The quantitative estimate of drug-likeness (QED) is 0.0287. The first-order chi connectivity index (χ1) is 43.4. The molecule has 25 heteroatoms. The van der Waals surface area contributed by atoms with Crippen LogP contribution in [0.25, 0.3) is 0 Å². The number of amides is 10. The molecule has 25 nitrogen and oxygen atoms in total. The number of carbonyl (C=O) groups is 11. The van der Waals surface area contributed by atoms with Crippen LogP contribution < -0.4 is 48.7 Å². The van der Waals surface area contributed by atoms with E-state index in [9.17, 15) is 53.4 Å². The highest BCUT2D eigenvalue weighted by Gasteiger charge is 2.43. The lowest BCUT2D eigenvalue weighted by Crippen LogP contribution is -2.62. The Morgan fingerprint density at radius 3 is 1.73 bits per heavy atom. The molecule has 1 aliphatic heterocycles. The van der Waals surface area contributed by atoms with E-state index in [1.54, 1.807) is 86.7 Å². The minimum absolute atomic E-state index is 0.0140. The van der Waals surface area contributed by atoms with Gasteiger partial charge in [-0.3, -0.25) is 52.7 Å². The highest BCUT2D eigenvalue weighted by atomic mass is 16.4. The molecule has 0 aliphatic carbocycles. The number of hydrogen-bond donors (Lipinski definition) is 12. The molecule has 14 N–H and O–H groups in total. The van der Waals surface area contributed by atoms with Crippen LogP contribution in [0.4, 0.5) is 0 Å². The van der Waals surface area contributed by atoms with Gasteiger partial charge in [0.2, 0.25) is 59.1 Å². The number of likely N-dealkylation sites (tertiary alicyclic amines) is 1. The maximum atomic E-state index is 15.5. The van der Waals surface area contributed by atoms with E-state index in [-0.39, 0.29) is 82.1 Å². The van der Waals surface area contributed by atoms with E-state index in [0.717, 1.165) is 12.0 Å². The van der Waals surface area contributed by atoms with Gasteiger partial charge in [-0.05, 0) is 86.8 Å². The van der Waals surface area contributed by atoms with Crippen LogP contribution in [0, 0.1) is 11.8 Å². The number of aromatic amines is 1. The molecule has 1 aromatic heterocycles. The van der Waals surface area contributed by atoms with E-state index < -0.39 is 126 Å². The number of hydrogen-bond acceptors (Lipinski definition) is 13. The van der Waals surface area contributed by atoms with Crippen molar-refractivity contribution >= 4 is 65.0 Å². The van der Waals surface area contributed by atoms with Crippen LogP contribution in [0.2, 0.25) is 0 Å². The number of primary amides is 2. The first kappa shape index (κ1) is 72.5. The summed E-state index contributed by atoms with van der Waals surface area (Å²) >= 11 is 0. The zero-order chi connectivity index (χ0) is 66.6. The number of aliphatic hydroxyl groups excluding tert-OH is 1. The lowest BCUT2D eigenvalue weighted by Gasteiger charge is -2.35. The standard InChI is InChI=1S/C66H90N12O13/c1-6-41(4)34-55(82)72-49(61(86)71-46(37-53(67)80)35-43-21-12-9-13-22-43)28-19-8-7-18-27-48(60(68)85)74-64(89)52-29-20-32-78(52)66(91)59(57(44-23-14-10-15-24-44)45-25-16-11-17-26-45)77-63(88)51(36-47-38-69-39-70-47)75-65(90)58(42(5)79)76-62(87)50(30-31-56(83)84)73-54(81)33-40(2)3/h7-17,21-26,38-42,46,48-52,57-59,79H,6,18-20,27-37H2,1-5H3,(H2,67,80)(H2,68,85)(H,69,70)(H,71,86)(H,72,82)(H,73,81)(H,74,89)(H,75,90)(H,76,87)(H,77,88)(H,83,84)/b8-7+/t41-,42+,46-,48-,49-,50-,51-,52-,58-,59-/m0/s1. The molecule has 1 aliphatic rings. The second-order valence-electron chi connectivity index (χ2n) is 23.7. The van der Waals surface area contributed by atoms with E-state index in [2.05, 4.69) is 47.2 Å². The number of H-pyrrole nitrogens is 1. The minimum atomic E-state index is -1.75. The van der Waals surface area contributed by atoms with Crippen molar-refractivity contribution in [2.75, 3.05) is 6.54 Å². The summed E-state index contributed by atoms with van der Waals surface area (Å²) in [6.07, 6.45) is 6.09. The van der Waals surface area contributed by atoms with Crippen molar-refractivity contribution < 1.29 is 63.0 Å². The molecule has 91 heavy (non-hydrogen) atoms. The first-order valence-corrected chi connectivity index (χ1v) is 31.1. The smallest absolute Gasteiger partial charge is 0.303 e. The maximum Gasteiger partial charge on any atom is 0.303 e. The fraction of sp³-hybridized carbons (Fsp3) is 0.485. The van der Waals surface area contributed by atoms with Crippen LogP contribution in [-0.4, -0.2) is 151 Å². The third-order valence-electron chi connectivity index (χ3n) is 15.7. The zero-order valence-corrected chi connectivity index (χ0v) is 52.4. The molecule has 5 rings (SSSR count). The van der Waals surface area contributed by atoms with Crippen LogP contribution in [0.5, 0.6) is 0 Å². The molecule has 0 bridgehead atoms. The monoisotopic (exact) mass is 1260 g/mol. The molecule has 10 atom stereocenters. The Kier molecular flexibility index (Phi) is 29.5. The third-order valence-corrected chi connectivity index (χ3v) is 15.7. The van der Waals surface area contributed by atoms with Crippen LogP contribution >= 0.6 is 0 Å². The Bertz CT molecular complexity index is 3040. The van der Waals surface area contributed by atoms with Gasteiger partial charge in [0, 0.05) is 62.5 Å². The average molecular weight is 1260 g/mol. The van der Waals surface area contributed by atoms with Crippen molar-refractivity contribution in [3.8, 4) is 0 Å². The maximum absolute atomic E-state index is 15.5. The molecule has 0 spiro atoms. The molecule has 1 fully saturated rings. The molecule has 492 valence electrons. The number of allylic oxidation sites excluding steroid dienone is 2. The highest BCUT2D eigenvalue weighted by Crippen LogP contribution is 2.32. The molecular weight excluding hydrogens is 1170 g/mol. The lowest BCUT2D eigenvalue weighted by molar-refractivity contribution is -0.143. The summed E-state index contributed by atoms with van der Waals surface area (Å²) in [4.78, 5) is 158. The first-order valence-electron chi connectivity index (χ1n) is 31.1. The Labute approximate surface area is 530 Å². The fourth-order valence-corrected chi connectivity index (χ4v) is 10.7. The van der Waals surface area contributed by atoms with Gasteiger partial charge in [0.15, 0.2) is 0 Å². The molecule has 10 amide bonds. The number of carboxylic acid groups (broad SMARTS) is 1. The molecule has 4 aromatic rings. The predicted octanol–water partition coefficient (Wildman–Crippen LogP) is 2.62. The van der Waals surface area contributed by atoms with Gasteiger partial charge in [-0.2, -0.15) is 0 Å². The largest absolute Gasteiger partial charge is 0.481 e. The van der Waals surface area contributed by atoms with Crippen molar-refractivity contribution in [1.29, 1.82) is 0 Å². The summed E-state index contributed by atoms with van der Waals surface area (Å²) in [5.74, 6) is -9.24. The number of carboxylic acids is 1. The van der Waals surface area contributed by atoms with Crippen molar-refractivity contribution in [2.24, 2.45) is 23.3 Å². The van der Waals surface area contributed by atoms with E-state index in [1.807, 2.05) is 44.2 Å². The molecular formula is C66H90N12O13. The van der Waals surface area contributed by atoms with Crippen molar-refractivity contribution in [2.45, 2.75) is 185 Å². The summed E-state index contributed by atoms with van der Waals surface area (Å²) in [5, 5.41) is 39.4. The number of imidazole rings is 1. The van der Waals surface area contributed by atoms with Gasteiger partial charge in [0.1, 0.15) is 42.3 Å². The predicted molar refractivity (Wildman–Crippen MR) is 338 cm³/mol. The van der Waals surface area contributed by atoms with Crippen molar-refractivity contribution in [3.63, 3.8) is 0 Å². The Hall–Kier alpha value is -9.26. The summed E-state index contributed by atoms with van der Waals surface area (Å²) in [6.45, 7) is 8.73. The average Bonchev–Trinajstić information content (AvgIpc) is 2.01. The molecule has 0 radical (unpaired) electrons. The fourth-order valence-electron chi connectivity index (χ4n) is 10.7. The molecule has 0 saturated carbocycles. The Balaban J connectivity index is 1.36.